The first-order valence-corrected chi connectivity index (χ1v) is 8.53. The number of hydrogen-bond donors (Lipinski definition) is 0. The van der Waals surface area contributed by atoms with Crippen molar-refractivity contribution in [2.75, 3.05) is 18.4 Å². The number of aromatic nitrogens is 1. The summed E-state index contributed by atoms with van der Waals surface area (Å²) in [5, 5.41) is 0. The predicted molar refractivity (Wildman–Crippen MR) is 91.5 cm³/mol. The van der Waals surface area contributed by atoms with Crippen molar-refractivity contribution >= 4 is 23.1 Å². The highest BCUT2D eigenvalue weighted by Gasteiger charge is 2.19. The summed E-state index contributed by atoms with van der Waals surface area (Å²) in [4.78, 5) is 19.9. The van der Waals surface area contributed by atoms with Crippen molar-refractivity contribution in [2.45, 2.75) is 6.67 Å². The maximum atomic E-state index is 12.7. The number of furan rings is 1. The molecule has 0 aliphatic carbocycles. The number of benzene rings is 1. The highest BCUT2D eigenvalue weighted by Crippen LogP contribution is 2.35. The molecule has 4 heterocycles. The van der Waals surface area contributed by atoms with E-state index in [0.29, 0.717) is 29.4 Å². The standard InChI is InChI=1S/C17H13N3O4S/c21-16-15(7-12-2-1-5-22-12)25-17-18-8-19(9-20(16)17)11-3-4-13-14(6-11)24-10-23-13/h1-7H,8-10H2/b15-7+. The van der Waals surface area contributed by atoms with Gasteiger partial charge in [-0.2, -0.15) is 0 Å². The van der Waals surface area contributed by atoms with Crippen LogP contribution < -0.4 is 29.3 Å². The van der Waals surface area contributed by atoms with Crippen LogP contribution >= 0.6 is 11.3 Å². The summed E-state index contributed by atoms with van der Waals surface area (Å²) in [5.74, 6) is 2.11. The Morgan fingerprint density at radius 1 is 1.20 bits per heavy atom. The first kappa shape index (κ1) is 14.4. The van der Waals surface area contributed by atoms with E-state index in [1.54, 1.807) is 23.0 Å². The molecule has 3 aromatic rings. The van der Waals surface area contributed by atoms with Crippen molar-refractivity contribution < 1.29 is 13.9 Å². The molecule has 0 N–H and O–H groups in total. The number of anilines is 1. The second-order valence-corrected chi connectivity index (χ2v) is 6.67. The fourth-order valence-electron chi connectivity index (χ4n) is 2.86. The Balaban J connectivity index is 1.51. The third kappa shape index (κ3) is 2.42. The highest BCUT2D eigenvalue weighted by molar-refractivity contribution is 7.07. The van der Waals surface area contributed by atoms with Gasteiger partial charge >= 0.3 is 0 Å². The lowest BCUT2D eigenvalue weighted by molar-refractivity contribution is 0.174. The lowest BCUT2D eigenvalue weighted by Crippen LogP contribution is -2.42. The van der Waals surface area contributed by atoms with E-state index in [-0.39, 0.29) is 12.4 Å². The van der Waals surface area contributed by atoms with E-state index >= 15 is 0 Å². The topological polar surface area (TPSA) is 69.2 Å². The van der Waals surface area contributed by atoms with Gasteiger partial charge in [0.25, 0.3) is 5.56 Å². The van der Waals surface area contributed by atoms with Crippen molar-refractivity contribution in [1.29, 1.82) is 0 Å². The zero-order chi connectivity index (χ0) is 16.8. The fourth-order valence-corrected chi connectivity index (χ4v) is 3.80. The summed E-state index contributed by atoms with van der Waals surface area (Å²) in [7, 11) is 0. The molecule has 7 nitrogen and oxygen atoms in total. The molecule has 0 radical (unpaired) electrons. The zero-order valence-corrected chi connectivity index (χ0v) is 13.9. The number of hydrogen-bond acceptors (Lipinski definition) is 7. The minimum atomic E-state index is -0.0643. The van der Waals surface area contributed by atoms with E-state index < -0.39 is 0 Å². The summed E-state index contributed by atoms with van der Waals surface area (Å²) in [6.45, 7) is 1.17. The molecule has 2 aromatic heterocycles. The molecule has 0 amide bonds. The summed E-state index contributed by atoms with van der Waals surface area (Å²) in [5.41, 5.74) is 0.874. The Morgan fingerprint density at radius 3 is 3.00 bits per heavy atom. The van der Waals surface area contributed by atoms with E-state index in [1.165, 1.54) is 11.3 Å². The lowest BCUT2D eigenvalue weighted by Gasteiger charge is -2.25. The Bertz CT molecular complexity index is 1110. The van der Waals surface area contributed by atoms with Crippen LogP contribution in [0.4, 0.5) is 5.69 Å². The molecule has 0 atom stereocenters. The summed E-state index contributed by atoms with van der Waals surface area (Å²) < 4.78 is 18.3. The summed E-state index contributed by atoms with van der Waals surface area (Å²) in [6, 6.07) is 9.35. The second-order valence-electron chi connectivity index (χ2n) is 5.66. The molecule has 0 saturated carbocycles. The van der Waals surface area contributed by atoms with Gasteiger partial charge in [-0.05, 0) is 24.3 Å². The Labute approximate surface area is 145 Å². The van der Waals surface area contributed by atoms with Crippen LogP contribution in [0.15, 0.2) is 50.8 Å². The first-order valence-electron chi connectivity index (χ1n) is 7.72. The van der Waals surface area contributed by atoms with Gasteiger partial charge in [0.05, 0.1) is 10.8 Å². The van der Waals surface area contributed by atoms with E-state index in [2.05, 4.69) is 4.99 Å². The molecule has 126 valence electrons. The minimum Gasteiger partial charge on any atom is -0.465 e. The Kier molecular flexibility index (Phi) is 3.17. The molecular weight excluding hydrogens is 342 g/mol. The number of ether oxygens (including phenoxy) is 2. The smallest absolute Gasteiger partial charge is 0.271 e. The van der Waals surface area contributed by atoms with Crippen LogP contribution in [0, 0.1) is 0 Å². The number of nitrogens with zero attached hydrogens (tertiary/aromatic N) is 3. The van der Waals surface area contributed by atoms with Crippen molar-refractivity contribution in [2.24, 2.45) is 4.99 Å². The number of thiazole rings is 1. The zero-order valence-electron chi connectivity index (χ0n) is 13.0. The van der Waals surface area contributed by atoms with Gasteiger partial charge < -0.3 is 18.8 Å². The monoisotopic (exact) mass is 355 g/mol. The van der Waals surface area contributed by atoms with Gasteiger partial charge in [-0.25, -0.2) is 4.99 Å². The molecule has 1 aromatic carbocycles. The fraction of sp³-hybridized carbons (Fsp3) is 0.176. The Hall–Kier alpha value is -3.00. The maximum absolute atomic E-state index is 12.7. The van der Waals surface area contributed by atoms with Gasteiger partial charge in [-0.1, -0.05) is 11.3 Å². The predicted octanol–water partition coefficient (Wildman–Crippen LogP) is 1.12. The molecule has 25 heavy (non-hydrogen) atoms. The third-order valence-electron chi connectivity index (χ3n) is 4.11. The van der Waals surface area contributed by atoms with E-state index in [9.17, 15) is 4.79 Å². The SMILES string of the molecule is O=c1/c(=C\c2ccco2)sc2n1CN(c1ccc3c(c1)OCO3)CN=2. The molecule has 0 bridgehead atoms. The third-order valence-corrected chi connectivity index (χ3v) is 5.16. The molecule has 0 unspecified atom stereocenters. The Morgan fingerprint density at radius 2 is 2.12 bits per heavy atom. The van der Waals surface area contributed by atoms with Crippen molar-refractivity contribution in [3.8, 4) is 11.5 Å². The number of fused-ring (bicyclic) bond motifs is 2. The van der Waals surface area contributed by atoms with Crippen molar-refractivity contribution in [3.63, 3.8) is 0 Å². The average Bonchev–Trinajstić information content (AvgIpc) is 3.36. The van der Waals surface area contributed by atoms with Crippen LogP contribution in [-0.2, 0) is 6.67 Å². The van der Waals surface area contributed by atoms with Crippen LogP contribution in [0.2, 0.25) is 0 Å². The normalized spacial score (nSPS) is 16.0. The highest BCUT2D eigenvalue weighted by atomic mass is 32.1. The lowest BCUT2D eigenvalue weighted by atomic mass is 10.2. The van der Waals surface area contributed by atoms with Crippen molar-refractivity contribution in [3.05, 3.63) is 62.0 Å². The van der Waals surface area contributed by atoms with Gasteiger partial charge in [-0.15, -0.1) is 0 Å². The van der Waals surface area contributed by atoms with Gasteiger partial charge in [0.2, 0.25) is 6.79 Å². The van der Waals surface area contributed by atoms with Crippen LogP contribution in [0.1, 0.15) is 5.76 Å². The van der Waals surface area contributed by atoms with Gasteiger partial charge in [0.15, 0.2) is 16.3 Å². The molecule has 0 saturated heterocycles. The minimum absolute atomic E-state index is 0.0643. The van der Waals surface area contributed by atoms with Gasteiger partial charge in [0, 0.05) is 17.8 Å². The quantitative estimate of drug-likeness (QED) is 0.689. The van der Waals surface area contributed by atoms with E-state index in [1.807, 2.05) is 29.2 Å². The van der Waals surface area contributed by atoms with Crippen LogP contribution in [-0.4, -0.2) is 18.0 Å². The van der Waals surface area contributed by atoms with Crippen molar-refractivity contribution in [1.82, 2.24) is 4.57 Å². The molecule has 8 heteroatoms. The molecule has 5 rings (SSSR count). The summed E-state index contributed by atoms with van der Waals surface area (Å²) in [6.07, 6.45) is 3.33. The molecule has 2 aliphatic rings. The molecular formula is C17H13N3O4S. The average molecular weight is 355 g/mol. The molecule has 0 spiro atoms. The molecule has 0 fully saturated rings. The van der Waals surface area contributed by atoms with Gasteiger partial charge in [0.1, 0.15) is 19.1 Å². The van der Waals surface area contributed by atoms with Gasteiger partial charge in [-0.3, -0.25) is 9.36 Å². The second kappa shape index (κ2) is 5.52. The van der Waals surface area contributed by atoms with E-state index in [4.69, 9.17) is 13.9 Å². The first-order chi connectivity index (χ1) is 12.3. The number of rotatable bonds is 2. The van der Waals surface area contributed by atoms with E-state index in [0.717, 1.165) is 16.2 Å². The summed E-state index contributed by atoms with van der Waals surface area (Å²) >= 11 is 1.37. The molecule has 2 aliphatic heterocycles. The largest absolute Gasteiger partial charge is 0.465 e. The van der Waals surface area contributed by atoms with Crippen LogP contribution in [0.3, 0.4) is 0 Å². The maximum Gasteiger partial charge on any atom is 0.271 e. The van der Waals surface area contributed by atoms with Crippen LogP contribution in [0.25, 0.3) is 6.08 Å². The van der Waals surface area contributed by atoms with Crippen LogP contribution in [0.5, 0.6) is 11.5 Å².